The average Bonchev–Trinajstić information content (AvgIpc) is 2.07. The molecular formula is C6H7NS. The summed E-state index contributed by atoms with van der Waals surface area (Å²) in [5.41, 5.74) is 2.23. The van der Waals surface area contributed by atoms with Crippen LogP contribution >= 0.6 is 11.8 Å². The molecule has 2 heteroatoms. The predicted molar refractivity (Wildman–Crippen MR) is 37.4 cm³/mol. The Morgan fingerprint density at radius 2 is 2.50 bits per heavy atom. The van der Waals surface area contributed by atoms with E-state index in [4.69, 9.17) is 0 Å². The second-order valence-corrected chi connectivity index (χ2v) is 3.09. The molecule has 2 aliphatic rings. The van der Waals surface area contributed by atoms with E-state index in [9.17, 15) is 0 Å². The van der Waals surface area contributed by atoms with Gasteiger partial charge < -0.3 is 0 Å². The lowest BCUT2D eigenvalue weighted by Crippen LogP contribution is -2.28. The van der Waals surface area contributed by atoms with Crippen LogP contribution in [0.5, 0.6) is 0 Å². The van der Waals surface area contributed by atoms with Crippen molar-refractivity contribution in [2.75, 3.05) is 5.75 Å². The summed E-state index contributed by atoms with van der Waals surface area (Å²) < 4.78 is 0. The zero-order valence-electron chi connectivity index (χ0n) is 4.50. The predicted octanol–water partition coefficient (Wildman–Crippen LogP) is 1.46. The summed E-state index contributed by atoms with van der Waals surface area (Å²) in [5, 5.41) is 0. The second-order valence-electron chi connectivity index (χ2n) is 2.26. The van der Waals surface area contributed by atoms with Gasteiger partial charge in [-0.3, -0.25) is 4.99 Å². The number of hydrogen-bond acceptors (Lipinski definition) is 2. The Labute approximate surface area is 52.9 Å². The first-order chi connectivity index (χ1) is 3.91. The Balaban J connectivity index is 2.26. The van der Waals surface area contributed by atoms with Gasteiger partial charge in [-0.15, -0.1) is 11.8 Å². The standard InChI is InChI=1S/C6H7NS/c1-2-6(3-1)4-8-5-7-6/h1-2,5H,3-4H2. The molecule has 1 aliphatic carbocycles. The van der Waals surface area contributed by atoms with Crippen molar-refractivity contribution >= 4 is 17.3 Å². The largest absolute Gasteiger partial charge is 0.274 e. The van der Waals surface area contributed by atoms with Gasteiger partial charge in [-0.2, -0.15) is 0 Å². The van der Waals surface area contributed by atoms with Crippen LogP contribution < -0.4 is 0 Å². The van der Waals surface area contributed by atoms with Crippen LogP contribution in [0.3, 0.4) is 0 Å². The monoisotopic (exact) mass is 125 g/mol. The minimum atomic E-state index is 0.269. The Morgan fingerprint density at radius 3 is 2.75 bits per heavy atom. The van der Waals surface area contributed by atoms with Gasteiger partial charge in [-0.05, 0) is 6.42 Å². The van der Waals surface area contributed by atoms with Crippen LogP contribution in [0.15, 0.2) is 17.1 Å². The van der Waals surface area contributed by atoms with Gasteiger partial charge in [0.05, 0.1) is 11.1 Å². The SMILES string of the molecule is C1=CC2(C1)CSC=N2. The topological polar surface area (TPSA) is 12.4 Å². The van der Waals surface area contributed by atoms with Crippen LogP contribution in [0, 0.1) is 0 Å². The smallest absolute Gasteiger partial charge is 0.0921 e. The maximum atomic E-state index is 4.32. The van der Waals surface area contributed by atoms with Crippen molar-refractivity contribution in [3.05, 3.63) is 12.2 Å². The molecule has 0 aromatic heterocycles. The number of thioether (sulfide) groups is 1. The molecule has 42 valence electrons. The molecule has 2 rings (SSSR count). The van der Waals surface area contributed by atoms with Crippen LogP contribution in [0.4, 0.5) is 0 Å². The first-order valence-corrected chi connectivity index (χ1v) is 3.79. The third-order valence-corrected chi connectivity index (χ3v) is 2.54. The number of hydrogen-bond donors (Lipinski definition) is 0. The molecule has 0 amide bonds. The molecule has 1 atom stereocenters. The van der Waals surface area contributed by atoms with E-state index in [-0.39, 0.29) is 5.54 Å². The lowest BCUT2D eigenvalue weighted by molar-refractivity contribution is 0.570. The average molecular weight is 125 g/mol. The van der Waals surface area contributed by atoms with E-state index in [0.29, 0.717) is 0 Å². The zero-order chi connectivity index (χ0) is 5.45. The number of aliphatic imine (C=N–C) groups is 1. The molecule has 0 aromatic carbocycles. The summed E-state index contributed by atoms with van der Waals surface area (Å²) in [4.78, 5) is 4.32. The molecule has 0 aromatic rings. The molecule has 1 unspecified atom stereocenters. The van der Waals surface area contributed by atoms with E-state index in [1.165, 1.54) is 5.75 Å². The molecular weight excluding hydrogens is 118 g/mol. The zero-order valence-corrected chi connectivity index (χ0v) is 5.32. The third kappa shape index (κ3) is 0.465. The van der Waals surface area contributed by atoms with E-state index in [0.717, 1.165) is 6.42 Å². The molecule has 0 saturated carbocycles. The minimum Gasteiger partial charge on any atom is -0.274 e. The van der Waals surface area contributed by atoms with E-state index < -0.39 is 0 Å². The van der Waals surface area contributed by atoms with Crippen molar-refractivity contribution in [2.24, 2.45) is 4.99 Å². The van der Waals surface area contributed by atoms with Crippen molar-refractivity contribution < 1.29 is 0 Å². The number of nitrogens with zero attached hydrogens (tertiary/aromatic N) is 1. The molecule has 1 aliphatic heterocycles. The van der Waals surface area contributed by atoms with Crippen molar-refractivity contribution in [1.82, 2.24) is 0 Å². The van der Waals surface area contributed by atoms with Crippen molar-refractivity contribution in [3.8, 4) is 0 Å². The van der Waals surface area contributed by atoms with Crippen molar-refractivity contribution in [2.45, 2.75) is 12.0 Å². The molecule has 8 heavy (non-hydrogen) atoms. The van der Waals surface area contributed by atoms with Crippen LogP contribution in [-0.2, 0) is 0 Å². The van der Waals surface area contributed by atoms with Gasteiger partial charge in [-0.1, -0.05) is 12.2 Å². The van der Waals surface area contributed by atoms with E-state index in [2.05, 4.69) is 17.1 Å². The Hall–Kier alpha value is -0.240. The molecule has 0 bridgehead atoms. The highest BCUT2D eigenvalue weighted by atomic mass is 32.2. The Bertz CT molecular complexity index is 162. The minimum absolute atomic E-state index is 0.269. The van der Waals surface area contributed by atoms with Crippen LogP contribution in [0.2, 0.25) is 0 Å². The molecule has 0 N–H and O–H groups in total. The fourth-order valence-electron chi connectivity index (χ4n) is 0.954. The normalized spacial score (nSPS) is 41.0. The van der Waals surface area contributed by atoms with Crippen molar-refractivity contribution in [3.63, 3.8) is 0 Å². The quantitative estimate of drug-likeness (QED) is 0.446. The van der Waals surface area contributed by atoms with Gasteiger partial charge >= 0.3 is 0 Å². The first kappa shape index (κ1) is 4.62. The summed E-state index contributed by atoms with van der Waals surface area (Å²) >= 11 is 1.81. The summed E-state index contributed by atoms with van der Waals surface area (Å²) in [6.07, 6.45) is 5.54. The summed E-state index contributed by atoms with van der Waals surface area (Å²) in [6.45, 7) is 0. The van der Waals surface area contributed by atoms with Gasteiger partial charge in [0.15, 0.2) is 0 Å². The van der Waals surface area contributed by atoms with Crippen LogP contribution in [-0.4, -0.2) is 16.8 Å². The van der Waals surface area contributed by atoms with Crippen LogP contribution in [0.25, 0.3) is 0 Å². The van der Waals surface area contributed by atoms with Gasteiger partial charge in [-0.25, -0.2) is 0 Å². The highest BCUT2D eigenvalue weighted by Gasteiger charge is 2.32. The second kappa shape index (κ2) is 1.38. The third-order valence-electron chi connectivity index (χ3n) is 1.62. The highest BCUT2D eigenvalue weighted by molar-refractivity contribution is 8.12. The summed E-state index contributed by atoms with van der Waals surface area (Å²) in [7, 11) is 0. The molecule has 1 nitrogen and oxygen atoms in total. The molecule has 0 fully saturated rings. The van der Waals surface area contributed by atoms with Gasteiger partial charge in [0.1, 0.15) is 0 Å². The summed E-state index contributed by atoms with van der Waals surface area (Å²) in [5.74, 6) is 1.17. The molecule has 1 spiro atoms. The Morgan fingerprint density at radius 1 is 1.62 bits per heavy atom. The number of rotatable bonds is 0. The first-order valence-electron chi connectivity index (χ1n) is 2.74. The highest BCUT2D eigenvalue weighted by Crippen LogP contribution is 2.34. The fourth-order valence-corrected chi connectivity index (χ4v) is 1.89. The van der Waals surface area contributed by atoms with Gasteiger partial charge in [0.25, 0.3) is 0 Å². The molecule has 1 heterocycles. The maximum Gasteiger partial charge on any atom is 0.0921 e. The van der Waals surface area contributed by atoms with Gasteiger partial charge in [0.2, 0.25) is 0 Å². The molecule has 0 radical (unpaired) electrons. The van der Waals surface area contributed by atoms with Crippen LogP contribution in [0.1, 0.15) is 6.42 Å². The van der Waals surface area contributed by atoms with Gasteiger partial charge in [0, 0.05) is 5.75 Å². The summed E-state index contributed by atoms with van der Waals surface area (Å²) in [6, 6.07) is 0. The van der Waals surface area contributed by atoms with E-state index in [1.807, 2.05) is 17.3 Å². The maximum absolute atomic E-state index is 4.32. The fraction of sp³-hybridized carbons (Fsp3) is 0.500. The Kier molecular flexibility index (Phi) is 0.796. The van der Waals surface area contributed by atoms with E-state index in [1.54, 1.807) is 0 Å². The van der Waals surface area contributed by atoms with Crippen molar-refractivity contribution in [1.29, 1.82) is 0 Å². The lowest BCUT2D eigenvalue weighted by atomic mass is 9.89. The molecule has 0 saturated heterocycles. The lowest BCUT2D eigenvalue weighted by Gasteiger charge is -2.26. The van der Waals surface area contributed by atoms with E-state index >= 15 is 0 Å².